The third-order valence-electron chi connectivity index (χ3n) is 8.61. The van der Waals surface area contributed by atoms with Crippen LogP contribution in [0.2, 0.25) is 0 Å². The van der Waals surface area contributed by atoms with Gasteiger partial charge in [0, 0.05) is 50.0 Å². The van der Waals surface area contributed by atoms with Crippen LogP contribution >= 0.6 is 0 Å². The minimum Gasteiger partial charge on any atom is -0.497 e. The van der Waals surface area contributed by atoms with Crippen LogP contribution in [0.4, 0.5) is 13.2 Å². The molecule has 3 heterocycles. The number of aromatic nitrogens is 2. The summed E-state index contributed by atoms with van der Waals surface area (Å²) in [5.74, 6) is 0.727. The van der Waals surface area contributed by atoms with Crippen molar-refractivity contribution in [3.05, 3.63) is 114 Å². The van der Waals surface area contributed by atoms with E-state index in [9.17, 15) is 18.0 Å². The Morgan fingerprint density at radius 3 is 2.17 bits per heavy atom. The Bertz CT molecular complexity index is 1860. The molecule has 0 saturated carbocycles. The second-order valence-electron chi connectivity index (χ2n) is 12.8. The van der Waals surface area contributed by atoms with E-state index in [-0.39, 0.29) is 11.3 Å². The number of halogens is 3. The maximum atomic E-state index is 13.5. The molecule has 1 amide bonds. The summed E-state index contributed by atoms with van der Waals surface area (Å²) in [6, 6.07) is 24.6. The highest BCUT2D eigenvalue weighted by molar-refractivity contribution is 5.94. The van der Waals surface area contributed by atoms with Crippen molar-refractivity contribution >= 4 is 11.6 Å². The third-order valence-corrected chi connectivity index (χ3v) is 8.61. The maximum Gasteiger partial charge on any atom is 0.416 e. The van der Waals surface area contributed by atoms with E-state index in [1.54, 1.807) is 19.2 Å². The van der Waals surface area contributed by atoms with Gasteiger partial charge in [-0.3, -0.25) is 9.69 Å². The molecule has 0 spiro atoms. The predicted molar refractivity (Wildman–Crippen MR) is 174 cm³/mol. The first kappa shape index (κ1) is 31.4. The van der Waals surface area contributed by atoms with Crippen LogP contribution in [0.15, 0.2) is 91.1 Å². The van der Waals surface area contributed by atoms with E-state index in [2.05, 4.69) is 25.7 Å². The number of ether oxygens (including phenoxy) is 1. The fraction of sp³-hybridized carbons (Fsp3) is 0.297. The van der Waals surface area contributed by atoms with Crippen molar-refractivity contribution in [2.24, 2.45) is 0 Å². The number of carbonyl (C=O) groups is 1. The molecule has 6 rings (SSSR count). The van der Waals surface area contributed by atoms with Crippen LogP contribution in [0.5, 0.6) is 5.75 Å². The lowest BCUT2D eigenvalue weighted by Crippen LogP contribution is -2.48. The van der Waals surface area contributed by atoms with Crippen molar-refractivity contribution in [2.45, 2.75) is 38.9 Å². The first-order valence-electron chi connectivity index (χ1n) is 15.4. The van der Waals surface area contributed by atoms with Gasteiger partial charge in [-0.2, -0.15) is 13.2 Å². The lowest BCUT2D eigenvalue weighted by Gasteiger charge is -2.35. The predicted octanol–water partition coefficient (Wildman–Crippen LogP) is 7.95. The largest absolute Gasteiger partial charge is 0.497 e. The van der Waals surface area contributed by atoms with Gasteiger partial charge in [0.25, 0.3) is 5.91 Å². The molecule has 0 aliphatic carbocycles. The van der Waals surface area contributed by atoms with Crippen molar-refractivity contribution in [1.82, 2.24) is 19.2 Å². The van der Waals surface area contributed by atoms with Crippen LogP contribution in [0, 0.1) is 0 Å². The van der Waals surface area contributed by atoms with E-state index >= 15 is 0 Å². The number of benzene rings is 3. The monoisotopic (exact) mass is 626 g/mol. The molecule has 6 nitrogen and oxygen atoms in total. The number of alkyl halides is 3. The summed E-state index contributed by atoms with van der Waals surface area (Å²) in [4.78, 5) is 22.5. The van der Waals surface area contributed by atoms with E-state index in [1.165, 1.54) is 17.7 Å². The highest BCUT2D eigenvalue weighted by atomic mass is 19.4. The van der Waals surface area contributed by atoms with Gasteiger partial charge in [-0.15, -0.1) is 0 Å². The van der Waals surface area contributed by atoms with E-state index in [1.807, 2.05) is 70.1 Å². The molecule has 1 fully saturated rings. The molecule has 0 bridgehead atoms. The highest BCUT2D eigenvalue weighted by Gasteiger charge is 2.31. The van der Waals surface area contributed by atoms with Crippen LogP contribution < -0.4 is 4.74 Å². The van der Waals surface area contributed by atoms with E-state index in [0.29, 0.717) is 60.8 Å². The van der Waals surface area contributed by atoms with Crippen molar-refractivity contribution in [3.63, 3.8) is 0 Å². The summed E-state index contributed by atoms with van der Waals surface area (Å²) in [6.07, 6.45) is -2.57. The van der Waals surface area contributed by atoms with Crippen LogP contribution in [-0.2, 0) is 18.1 Å². The molecule has 0 radical (unpaired) electrons. The number of fused-ring (bicyclic) bond motifs is 1. The fourth-order valence-electron chi connectivity index (χ4n) is 5.91. The molecular weight excluding hydrogens is 589 g/mol. The smallest absolute Gasteiger partial charge is 0.416 e. The maximum absolute atomic E-state index is 13.5. The Balaban J connectivity index is 1.28. The van der Waals surface area contributed by atoms with Crippen molar-refractivity contribution < 1.29 is 22.7 Å². The summed E-state index contributed by atoms with van der Waals surface area (Å²) in [6.45, 7) is 9.51. The van der Waals surface area contributed by atoms with Crippen molar-refractivity contribution in [3.8, 4) is 28.1 Å². The van der Waals surface area contributed by atoms with Crippen molar-refractivity contribution in [2.75, 3.05) is 33.3 Å². The molecule has 0 N–H and O–H groups in total. The summed E-state index contributed by atoms with van der Waals surface area (Å²) in [7, 11) is 1.62. The van der Waals surface area contributed by atoms with Crippen LogP contribution in [0.25, 0.3) is 28.0 Å². The number of rotatable bonds is 6. The second-order valence-corrected chi connectivity index (χ2v) is 12.8. The Kier molecular flexibility index (Phi) is 8.37. The second kappa shape index (κ2) is 12.3. The first-order valence-corrected chi connectivity index (χ1v) is 15.4. The number of imidazole rings is 1. The molecule has 1 aliphatic heterocycles. The Hall–Kier alpha value is -4.63. The van der Waals surface area contributed by atoms with Gasteiger partial charge in [-0.1, -0.05) is 57.2 Å². The lowest BCUT2D eigenvalue weighted by atomic mass is 9.86. The number of piperazine rings is 1. The zero-order valence-electron chi connectivity index (χ0n) is 26.4. The Morgan fingerprint density at radius 2 is 1.50 bits per heavy atom. The zero-order valence-corrected chi connectivity index (χ0v) is 26.4. The van der Waals surface area contributed by atoms with Gasteiger partial charge in [0.15, 0.2) is 0 Å². The number of nitrogens with zero attached hydrogens (tertiary/aromatic N) is 4. The molecule has 3 aromatic carbocycles. The average Bonchev–Trinajstić information content (AvgIpc) is 3.41. The number of methoxy groups -OCH3 is 1. The number of pyridine rings is 1. The highest BCUT2D eigenvalue weighted by Crippen LogP contribution is 2.34. The van der Waals surface area contributed by atoms with Gasteiger partial charge >= 0.3 is 6.18 Å². The van der Waals surface area contributed by atoms with Gasteiger partial charge < -0.3 is 14.0 Å². The summed E-state index contributed by atoms with van der Waals surface area (Å²) in [5, 5.41) is 0. The minimum atomic E-state index is -4.43. The van der Waals surface area contributed by atoms with Crippen molar-refractivity contribution in [1.29, 1.82) is 0 Å². The summed E-state index contributed by atoms with van der Waals surface area (Å²) < 4.78 is 47.9. The molecule has 0 unspecified atom stereocenters. The van der Waals surface area contributed by atoms with E-state index < -0.39 is 11.7 Å². The van der Waals surface area contributed by atoms with E-state index in [4.69, 9.17) is 9.72 Å². The van der Waals surface area contributed by atoms with Crippen LogP contribution in [-0.4, -0.2) is 58.4 Å². The summed E-state index contributed by atoms with van der Waals surface area (Å²) in [5.41, 5.74) is 5.59. The van der Waals surface area contributed by atoms with E-state index in [0.717, 1.165) is 23.0 Å². The average molecular weight is 627 g/mol. The number of hydrogen-bond donors (Lipinski definition) is 0. The molecule has 46 heavy (non-hydrogen) atoms. The SMILES string of the molecule is COc1cccc(-c2nc3ccc(-c4cccc(C(F)(F)F)c4)cn3c2CN2CCN(C(=O)c3ccc(C(C)(C)C)cc3)CC2)c1. The lowest BCUT2D eigenvalue weighted by molar-refractivity contribution is -0.137. The molecule has 9 heteroatoms. The normalized spacial score (nSPS) is 14.5. The van der Waals surface area contributed by atoms with Gasteiger partial charge in [0.2, 0.25) is 0 Å². The fourth-order valence-corrected chi connectivity index (χ4v) is 5.91. The third kappa shape index (κ3) is 6.51. The minimum absolute atomic E-state index is 0.0165. The quantitative estimate of drug-likeness (QED) is 0.192. The zero-order chi connectivity index (χ0) is 32.6. The van der Waals surface area contributed by atoms with Gasteiger partial charge in [0.1, 0.15) is 11.4 Å². The van der Waals surface area contributed by atoms with Gasteiger partial charge in [0.05, 0.1) is 24.1 Å². The molecule has 5 aromatic rings. The van der Waals surface area contributed by atoms with Crippen LogP contribution in [0.1, 0.15) is 48.0 Å². The standard InChI is InChI=1S/C37H37F3N4O2/c1-36(2,3)29-14-11-25(12-15-29)35(45)43-19-17-42(18-20-43)24-32-34(27-8-6-10-31(22-27)46-4)41-33-16-13-28(23-44(32)33)26-7-5-9-30(21-26)37(38,39)40/h5-16,21-23H,17-20,24H2,1-4H3. The summed E-state index contributed by atoms with van der Waals surface area (Å²) >= 11 is 0. The van der Waals surface area contributed by atoms with Crippen LogP contribution in [0.3, 0.4) is 0 Å². The molecule has 238 valence electrons. The molecule has 0 atom stereocenters. The Labute approximate surface area is 267 Å². The topological polar surface area (TPSA) is 50.1 Å². The molecular formula is C37H37F3N4O2. The number of hydrogen-bond acceptors (Lipinski definition) is 4. The van der Waals surface area contributed by atoms with Gasteiger partial charge in [-0.05, 0) is 70.6 Å². The van der Waals surface area contributed by atoms with Gasteiger partial charge in [-0.25, -0.2) is 4.98 Å². The first-order chi connectivity index (χ1) is 21.9. The number of amides is 1. The molecule has 1 aliphatic rings. The Morgan fingerprint density at radius 1 is 0.804 bits per heavy atom. The molecule has 2 aromatic heterocycles. The molecule has 1 saturated heterocycles. The number of carbonyl (C=O) groups excluding carboxylic acids is 1.